The number of ketones is 1. The molecule has 0 atom stereocenters. The molecular formula is C14H14Cl2N2O2. The van der Waals surface area contributed by atoms with Crippen LogP contribution in [0.4, 0.5) is 0 Å². The summed E-state index contributed by atoms with van der Waals surface area (Å²) >= 11 is 11.9. The van der Waals surface area contributed by atoms with Crippen molar-refractivity contribution < 1.29 is 9.32 Å². The SMILES string of the molecule is CC(C)(C)C(=O)Cc1nc(-c2cc(Cl)cc(Cl)c2)no1. The average Bonchev–Trinajstić information content (AvgIpc) is 2.75. The summed E-state index contributed by atoms with van der Waals surface area (Å²) in [5.41, 5.74) is 0.217. The van der Waals surface area contributed by atoms with Crippen LogP contribution in [0.5, 0.6) is 0 Å². The molecule has 0 bridgehead atoms. The molecule has 0 aliphatic carbocycles. The van der Waals surface area contributed by atoms with Crippen LogP contribution in [-0.2, 0) is 11.2 Å². The van der Waals surface area contributed by atoms with E-state index in [1.807, 2.05) is 20.8 Å². The van der Waals surface area contributed by atoms with Gasteiger partial charge in [-0.05, 0) is 18.2 Å². The van der Waals surface area contributed by atoms with Gasteiger partial charge in [-0.2, -0.15) is 4.98 Å². The first-order valence-corrected chi connectivity index (χ1v) is 6.83. The Hall–Kier alpha value is -1.39. The zero-order chi connectivity index (χ0) is 14.9. The van der Waals surface area contributed by atoms with Gasteiger partial charge in [0.25, 0.3) is 0 Å². The second-order valence-electron chi connectivity index (χ2n) is 5.52. The molecule has 6 heteroatoms. The molecule has 0 saturated heterocycles. The lowest BCUT2D eigenvalue weighted by Crippen LogP contribution is -2.22. The lowest BCUT2D eigenvalue weighted by Gasteiger charge is -2.14. The number of carbonyl (C=O) groups excluding carboxylic acids is 1. The Morgan fingerprint density at radius 2 is 1.80 bits per heavy atom. The highest BCUT2D eigenvalue weighted by molar-refractivity contribution is 6.35. The van der Waals surface area contributed by atoms with Crippen LogP contribution in [-0.4, -0.2) is 15.9 Å². The van der Waals surface area contributed by atoms with Crippen LogP contribution >= 0.6 is 23.2 Å². The molecular weight excluding hydrogens is 299 g/mol. The van der Waals surface area contributed by atoms with E-state index >= 15 is 0 Å². The van der Waals surface area contributed by atoms with Gasteiger partial charge in [-0.25, -0.2) is 0 Å². The maximum Gasteiger partial charge on any atom is 0.234 e. The number of benzene rings is 1. The number of hydrogen-bond acceptors (Lipinski definition) is 4. The van der Waals surface area contributed by atoms with E-state index in [0.29, 0.717) is 21.4 Å². The molecule has 0 fully saturated rings. The molecule has 0 aliphatic heterocycles. The lowest BCUT2D eigenvalue weighted by atomic mass is 9.89. The molecule has 20 heavy (non-hydrogen) atoms. The van der Waals surface area contributed by atoms with Gasteiger partial charge >= 0.3 is 0 Å². The van der Waals surface area contributed by atoms with E-state index in [1.165, 1.54) is 0 Å². The maximum atomic E-state index is 11.9. The van der Waals surface area contributed by atoms with Crippen LogP contribution in [0.2, 0.25) is 10.0 Å². The molecule has 1 aromatic carbocycles. The van der Waals surface area contributed by atoms with E-state index in [1.54, 1.807) is 18.2 Å². The molecule has 4 nitrogen and oxygen atoms in total. The zero-order valence-corrected chi connectivity index (χ0v) is 12.9. The first-order valence-electron chi connectivity index (χ1n) is 6.08. The van der Waals surface area contributed by atoms with Gasteiger partial charge in [-0.3, -0.25) is 4.79 Å². The van der Waals surface area contributed by atoms with Gasteiger partial charge in [0.15, 0.2) is 0 Å². The molecule has 106 valence electrons. The Kier molecular flexibility index (Phi) is 4.16. The van der Waals surface area contributed by atoms with E-state index in [9.17, 15) is 4.79 Å². The summed E-state index contributed by atoms with van der Waals surface area (Å²) in [5.74, 6) is 0.693. The van der Waals surface area contributed by atoms with E-state index in [2.05, 4.69) is 10.1 Å². The number of hydrogen-bond donors (Lipinski definition) is 0. The molecule has 0 unspecified atom stereocenters. The van der Waals surface area contributed by atoms with Gasteiger partial charge in [0.05, 0.1) is 6.42 Å². The van der Waals surface area contributed by atoms with Crippen molar-refractivity contribution in [1.82, 2.24) is 10.1 Å². The summed E-state index contributed by atoms with van der Waals surface area (Å²) in [4.78, 5) is 16.1. The Morgan fingerprint density at radius 1 is 1.20 bits per heavy atom. The topological polar surface area (TPSA) is 56.0 Å². The minimum atomic E-state index is -0.437. The van der Waals surface area contributed by atoms with Crippen molar-refractivity contribution in [3.05, 3.63) is 34.1 Å². The van der Waals surface area contributed by atoms with Crippen LogP contribution < -0.4 is 0 Å². The van der Waals surface area contributed by atoms with Gasteiger partial charge in [-0.1, -0.05) is 49.1 Å². The Bertz CT molecular complexity index is 625. The highest BCUT2D eigenvalue weighted by atomic mass is 35.5. The van der Waals surface area contributed by atoms with Crippen LogP contribution in [0, 0.1) is 5.41 Å². The highest BCUT2D eigenvalue weighted by Gasteiger charge is 2.24. The van der Waals surface area contributed by atoms with E-state index in [0.717, 1.165) is 0 Å². The van der Waals surface area contributed by atoms with Crippen LogP contribution in [0.25, 0.3) is 11.4 Å². The molecule has 2 aromatic rings. The minimum absolute atomic E-state index is 0.0387. The number of nitrogens with zero attached hydrogens (tertiary/aromatic N) is 2. The third-order valence-corrected chi connectivity index (χ3v) is 3.17. The number of halogens is 2. The van der Waals surface area contributed by atoms with Crippen molar-refractivity contribution in [2.45, 2.75) is 27.2 Å². The number of Topliss-reactive ketones (excluding diaryl/α,β-unsaturated/α-hetero) is 1. The molecule has 0 saturated carbocycles. The van der Waals surface area contributed by atoms with Gasteiger partial charge in [0.2, 0.25) is 11.7 Å². The fraction of sp³-hybridized carbons (Fsp3) is 0.357. The van der Waals surface area contributed by atoms with Crippen LogP contribution in [0.3, 0.4) is 0 Å². The van der Waals surface area contributed by atoms with Gasteiger partial charge < -0.3 is 4.52 Å². The molecule has 0 aliphatic rings. The Morgan fingerprint density at radius 3 is 2.35 bits per heavy atom. The second kappa shape index (κ2) is 5.54. The van der Waals surface area contributed by atoms with E-state index in [-0.39, 0.29) is 18.1 Å². The third kappa shape index (κ3) is 3.58. The molecule has 0 amide bonds. The van der Waals surface area contributed by atoms with Gasteiger partial charge in [0, 0.05) is 21.0 Å². The van der Waals surface area contributed by atoms with Gasteiger partial charge in [-0.15, -0.1) is 0 Å². The van der Waals surface area contributed by atoms with Crippen molar-refractivity contribution in [2.24, 2.45) is 5.41 Å². The lowest BCUT2D eigenvalue weighted by molar-refractivity contribution is -0.125. The van der Waals surface area contributed by atoms with Crippen LogP contribution in [0.15, 0.2) is 22.7 Å². The normalized spacial score (nSPS) is 11.7. The summed E-state index contributed by atoms with van der Waals surface area (Å²) in [6, 6.07) is 5.00. The number of rotatable bonds is 3. The van der Waals surface area contributed by atoms with Crippen molar-refractivity contribution in [3.8, 4) is 11.4 Å². The minimum Gasteiger partial charge on any atom is -0.339 e. The molecule has 0 spiro atoms. The zero-order valence-electron chi connectivity index (χ0n) is 11.4. The quantitative estimate of drug-likeness (QED) is 0.852. The van der Waals surface area contributed by atoms with E-state index < -0.39 is 5.41 Å². The molecule has 1 aromatic heterocycles. The first-order chi connectivity index (χ1) is 9.25. The predicted molar refractivity (Wildman–Crippen MR) is 77.9 cm³/mol. The third-order valence-electron chi connectivity index (χ3n) is 2.74. The predicted octanol–water partition coefficient (Wildman–Crippen LogP) is 4.20. The molecule has 0 radical (unpaired) electrons. The van der Waals surface area contributed by atoms with E-state index in [4.69, 9.17) is 27.7 Å². The highest BCUT2D eigenvalue weighted by Crippen LogP contribution is 2.26. The molecule has 2 rings (SSSR count). The van der Waals surface area contributed by atoms with Crippen molar-refractivity contribution in [2.75, 3.05) is 0 Å². The van der Waals surface area contributed by atoms with Crippen molar-refractivity contribution in [1.29, 1.82) is 0 Å². The Balaban J connectivity index is 2.23. The largest absolute Gasteiger partial charge is 0.339 e. The molecule has 0 N–H and O–H groups in total. The summed E-state index contributed by atoms with van der Waals surface area (Å²) in [5, 5.41) is 4.83. The smallest absolute Gasteiger partial charge is 0.234 e. The number of aromatic nitrogens is 2. The maximum absolute atomic E-state index is 11.9. The summed E-state index contributed by atoms with van der Waals surface area (Å²) in [7, 11) is 0. The monoisotopic (exact) mass is 312 g/mol. The fourth-order valence-corrected chi connectivity index (χ4v) is 2.06. The standard InChI is InChI=1S/C14H14Cl2N2O2/c1-14(2,3)11(19)7-12-17-13(18-20-12)8-4-9(15)6-10(16)5-8/h4-6H,7H2,1-3H3. The molecule has 1 heterocycles. The Labute approximate surface area is 127 Å². The van der Waals surface area contributed by atoms with Gasteiger partial charge in [0.1, 0.15) is 5.78 Å². The number of carbonyl (C=O) groups is 1. The summed E-state index contributed by atoms with van der Waals surface area (Å²) in [6.07, 6.45) is 0.116. The summed E-state index contributed by atoms with van der Waals surface area (Å²) < 4.78 is 5.10. The van der Waals surface area contributed by atoms with Crippen LogP contribution in [0.1, 0.15) is 26.7 Å². The average molecular weight is 313 g/mol. The summed E-state index contributed by atoms with van der Waals surface area (Å²) in [6.45, 7) is 5.55. The van der Waals surface area contributed by atoms with Crippen molar-refractivity contribution in [3.63, 3.8) is 0 Å². The van der Waals surface area contributed by atoms with Crippen molar-refractivity contribution >= 4 is 29.0 Å². The fourth-order valence-electron chi connectivity index (χ4n) is 1.53. The second-order valence-corrected chi connectivity index (χ2v) is 6.39. The first kappa shape index (κ1) is 15.0.